The van der Waals surface area contributed by atoms with Gasteiger partial charge in [-0.1, -0.05) is 181 Å². The molecule has 0 aliphatic carbocycles. The number of nitrogens with zero attached hydrogens (tertiary/aromatic N) is 1. The number of hydrogen-bond donors (Lipinski definition) is 2. The summed E-state index contributed by atoms with van der Waals surface area (Å²) in [5, 5.41) is 20.3. The van der Waals surface area contributed by atoms with Crippen LogP contribution in [-0.2, 0) is 9.53 Å². The molecule has 0 radical (unpaired) electrons. The van der Waals surface area contributed by atoms with Crippen LogP contribution >= 0.6 is 0 Å². The van der Waals surface area contributed by atoms with Crippen LogP contribution in [0.25, 0.3) is 0 Å². The molecule has 0 saturated heterocycles. The summed E-state index contributed by atoms with van der Waals surface area (Å²) < 4.78 is 6.03. The van der Waals surface area contributed by atoms with Crippen molar-refractivity contribution in [2.45, 2.75) is 264 Å². The molecule has 0 aliphatic heterocycles. The molecule has 2 N–H and O–H groups in total. The lowest BCUT2D eigenvalue weighted by atomic mass is 9.91. The van der Waals surface area contributed by atoms with Gasteiger partial charge in [-0.2, -0.15) is 0 Å². The van der Waals surface area contributed by atoms with Crippen molar-refractivity contribution in [1.29, 1.82) is 0 Å². The van der Waals surface area contributed by atoms with E-state index in [1.807, 2.05) is 6.92 Å². The van der Waals surface area contributed by atoms with Gasteiger partial charge in [0.15, 0.2) is 0 Å². The second kappa shape index (κ2) is 39.1. The predicted molar refractivity (Wildman–Crippen MR) is 223 cm³/mol. The number of aliphatic hydroxyl groups excluding tert-OH is 1. The van der Waals surface area contributed by atoms with Crippen molar-refractivity contribution in [2.24, 2.45) is 0 Å². The average Bonchev–Trinajstić information content (AvgIpc) is 3.11. The van der Waals surface area contributed by atoms with E-state index in [2.05, 4.69) is 25.7 Å². The molecule has 0 amide bonds. The van der Waals surface area contributed by atoms with E-state index >= 15 is 0 Å². The van der Waals surface area contributed by atoms with Crippen molar-refractivity contribution in [3.8, 4) is 0 Å². The number of rotatable bonds is 42. The molecule has 5 nitrogen and oxygen atoms in total. The largest absolute Gasteiger partial charge is 0.462 e. The van der Waals surface area contributed by atoms with Gasteiger partial charge in [-0.05, 0) is 77.8 Å². The third-order valence-corrected chi connectivity index (χ3v) is 11.1. The standard InChI is InChI=1S/C46H93NO4/c1-5-8-11-14-17-24-31-38-46(4,50)39-32-25-18-19-26-33-40-47(42-43-48)41-34-27-20-23-30-37-45(49)51-44(35-28-21-15-12-9-6-2)36-29-22-16-13-10-7-3/h44,48,50H,5-43H2,1-4H3. The van der Waals surface area contributed by atoms with E-state index in [0.29, 0.717) is 6.42 Å². The number of aliphatic hydroxyl groups is 2. The van der Waals surface area contributed by atoms with Crippen LogP contribution in [0.3, 0.4) is 0 Å². The topological polar surface area (TPSA) is 70.0 Å². The average molecular weight is 724 g/mol. The molecular weight excluding hydrogens is 631 g/mol. The van der Waals surface area contributed by atoms with Crippen molar-refractivity contribution in [3.05, 3.63) is 0 Å². The fourth-order valence-electron chi connectivity index (χ4n) is 7.56. The third kappa shape index (κ3) is 37.5. The number of esters is 1. The summed E-state index contributed by atoms with van der Waals surface area (Å²) >= 11 is 0. The first kappa shape index (κ1) is 50.4. The Morgan fingerprint density at radius 2 is 0.863 bits per heavy atom. The molecule has 5 heteroatoms. The highest BCUT2D eigenvalue weighted by Gasteiger charge is 2.19. The van der Waals surface area contributed by atoms with Gasteiger partial charge in [0.05, 0.1) is 12.2 Å². The quantitative estimate of drug-likeness (QED) is 0.0485. The van der Waals surface area contributed by atoms with Crippen molar-refractivity contribution in [3.63, 3.8) is 0 Å². The molecule has 0 aliphatic rings. The lowest BCUT2D eigenvalue weighted by Crippen LogP contribution is -2.29. The highest BCUT2D eigenvalue weighted by Crippen LogP contribution is 2.23. The van der Waals surface area contributed by atoms with Crippen LogP contribution in [-0.4, -0.2) is 59.0 Å². The molecule has 0 aromatic rings. The zero-order valence-corrected chi connectivity index (χ0v) is 35.3. The van der Waals surface area contributed by atoms with Crippen molar-refractivity contribution < 1.29 is 19.7 Å². The van der Waals surface area contributed by atoms with Gasteiger partial charge in [0.1, 0.15) is 6.10 Å². The molecule has 0 fully saturated rings. The summed E-state index contributed by atoms with van der Waals surface area (Å²) in [5.74, 6) is 0.0248. The Kier molecular flexibility index (Phi) is 38.6. The smallest absolute Gasteiger partial charge is 0.306 e. The summed E-state index contributed by atoms with van der Waals surface area (Å²) in [5.41, 5.74) is -0.483. The summed E-state index contributed by atoms with van der Waals surface area (Å²) in [4.78, 5) is 15.1. The summed E-state index contributed by atoms with van der Waals surface area (Å²) in [6, 6.07) is 0. The maximum absolute atomic E-state index is 12.7. The lowest BCUT2D eigenvalue weighted by molar-refractivity contribution is -0.150. The summed E-state index contributed by atoms with van der Waals surface area (Å²) in [6.45, 7) is 12.0. The van der Waals surface area contributed by atoms with Crippen LogP contribution in [0.15, 0.2) is 0 Å². The minimum absolute atomic E-state index is 0.0248. The molecule has 306 valence electrons. The number of carbonyl (C=O) groups excluding carboxylic acids is 1. The maximum Gasteiger partial charge on any atom is 0.306 e. The van der Waals surface area contributed by atoms with Gasteiger partial charge >= 0.3 is 5.97 Å². The summed E-state index contributed by atoms with van der Waals surface area (Å²) in [7, 11) is 0. The van der Waals surface area contributed by atoms with Crippen molar-refractivity contribution in [1.82, 2.24) is 4.90 Å². The number of hydrogen-bond acceptors (Lipinski definition) is 5. The summed E-state index contributed by atoms with van der Waals surface area (Å²) in [6.07, 6.45) is 42.2. The first-order valence-corrected chi connectivity index (χ1v) is 23.1. The lowest BCUT2D eigenvalue weighted by Gasteiger charge is -2.23. The van der Waals surface area contributed by atoms with Crippen molar-refractivity contribution >= 4 is 5.97 Å². The molecule has 0 aromatic carbocycles. The van der Waals surface area contributed by atoms with E-state index in [-0.39, 0.29) is 18.7 Å². The molecule has 0 aromatic heterocycles. The van der Waals surface area contributed by atoms with Crippen LogP contribution in [0.1, 0.15) is 252 Å². The second-order valence-corrected chi connectivity index (χ2v) is 16.5. The van der Waals surface area contributed by atoms with Gasteiger partial charge < -0.3 is 19.8 Å². The Morgan fingerprint density at radius 3 is 1.27 bits per heavy atom. The van der Waals surface area contributed by atoms with Gasteiger partial charge in [0, 0.05) is 13.0 Å². The van der Waals surface area contributed by atoms with Crippen LogP contribution in [0.5, 0.6) is 0 Å². The van der Waals surface area contributed by atoms with Gasteiger partial charge in [-0.25, -0.2) is 0 Å². The minimum Gasteiger partial charge on any atom is -0.462 e. The van der Waals surface area contributed by atoms with E-state index in [4.69, 9.17) is 4.74 Å². The SMILES string of the molecule is CCCCCCCCCC(C)(O)CCCCCCCCN(CCO)CCCCCCCC(=O)OC(CCCCCCCC)CCCCCCCC. The van der Waals surface area contributed by atoms with Gasteiger partial charge in [0.2, 0.25) is 0 Å². The Labute approximate surface area is 320 Å². The minimum atomic E-state index is -0.483. The molecule has 0 spiro atoms. The van der Waals surface area contributed by atoms with Gasteiger partial charge in [0.25, 0.3) is 0 Å². The molecule has 1 unspecified atom stereocenters. The van der Waals surface area contributed by atoms with E-state index in [1.54, 1.807) is 0 Å². The second-order valence-electron chi connectivity index (χ2n) is 16.5. The molecule has 1 atom stereocenters. The zero-order chi connectivity index (χ0) is 37.5. The molecule has 0 bridgehead atoms. The fraction of sp³-hybridized carbons (Fsp3) is 0.978. The van der Waals surface area contributed by atoms with E-state index in [1.165, 1.54) is 173 Å². The maximum atomic E-state index is 12.7. The molecular formula is C46H93NO4. The van der Waals surface area contributed by atoms with Gasteiger partial charge in [-0.15, -0.1) is 0 Å². The Balaban J connectivity index is 3.99. The third-order valence-electron chi connectivity index (χ3n) is 11.1. The van der Waals surface area contributed by atoms with Gasteiger partial charge in [-0.3, -0.25) is 4.79 Å². The molecule has 0 saturated carbocycles. The van der Waals surface area contributed by atoms with E-state index < -0.39 is 5.60 Å². The molecule has 51 heavy (non-hydrogen) atoms. The highest BCUT2D eigenvalue weighted by molar-refractivity contribution is 5.69. The number of ether oxygens (including phenoxy) is 1. The molecule has 0 heterocycles. The van der Waals surface area contributed by atoms with Crippen LogP contribution in [0.2, 0.25) is 0 Å². The van der Waals surface area contributed by atoms with Crippen LogP contribution in [0, 0.1) is 0 Å². The first-order chi connectivity index (χ1) is 24.9. The van der Waals surface area contributed by atoms with E-state index in [0.717, 1.165) is 64.6 Å². The van der Waals surface area contributed by atoms with Crippen molar-refractivity contribution in [2.75, 3.05) is 26.2 Å². The molecule has 0 rings (SSSR count). The predicted octanol–water partition coefficient (Wildman–Crippen LogP) is 13.7. The van der Waals surface area contributed by atoms with E-state index in [9.17, 15) is 15.0 Å². The van der Waals surface area contributed by atoms with Crippen LogP contribution < -0.4 is 0 Å². The Bertz CT molecular complexity index is 683. The highest BCUT2D eigenvalue weighted by atomic mass is 16.5. The zero-order valence-electron chi connectivity index (χ0n) is 35.3. The van der Waals surface area contributed by atoms with Crippen LogP contribution in [0.4, 0.5) is 0 Å². The monoisotopic (exact) mass is 724 g/mol. The Hall–Kier alpha value is -0.650. The number of unbranched alkanes of at least 4 members (excludes halogenated alkanes) is 25. The normalized spacial score (nSPS) is 13.0. The fourth-order valence-corrected chi connectivity index (χ4v) is 7.56. The number of carbonyl (C=O) groups is 1. The Morgan fingerprint density at radius 1 is 0.510 bits per heavy atom. The first-order valence-electron chi connectivity index (χ1n) is 23.1.